The van der Waals surface area contributed by atoms with E-state index in [-0.39, 0.29) is 5.91 Å². The van der Waals surface area contributed by atoms with Gasteiger partial charge in [-0.25, -0.2) is 0 Å². The molecule has 3 aromatic rings. The Labute approximate surface area is 215 Å². The number of nitrogens with zero attached hydrogens (tertiary/aromatic N) is 2. The molecule has 0 unspecified atom stereocenters. The van der Waals surface area contributed by atoms with E-state index in [2.05, 4.69) is 41.0 Å². The number of hydrogen-bond acceptors (Lipinski definition) is 3. The fourth-order valence-corrected chi connectivity index (χ4v) is 6.30. The zero-order chi connectivity index (χ0) is 24.9. The van der Waals surface area contributed by atoms with Crippen LogP contribution in [-0.4, -0.2) is 46.5 Å². The number of carbonyl (C=O) groups excluding carboxylic acids is 1. The number of aromatic hydroxyl groups is 1. The summed E-state index contributed by atoms with van der Waals surface area (Å²) in [6, 6.07) is 26.5. The van der Waals surface area contributed by atoms with Crippen LogP contribution in [0, 0.1) is 12.8 Å². The van der Waals surface area contributed by atoms with Crippen molar-refractivity contribution in [3.8, 4) is 5.75 Å². The van der Waals surface area contributed by atoms with Gasteiger partial charge in [0.1, 0.15) is 5.75 Å². The molecular formula is C32H38N2O2. The number of phenols is 1. The molecule has 0 radical (unpaired) electrons. The Hall–Kier alpha value is -3.11. The Morgan fingerprint density at radius 3 is 2.33 bits per heavy atom. The SMILES string of the molecule is Cc1ccccc1[C@H]1CN(Cc2ccccc2O)C[C@@H]1CN(C(=O)c1ccccc1)C1CCCCC1. The standard InChI is InChI=1S/C32H38N2O2/c1-24-12-8-10-18-29(24)30-23-33(20-26-15-9-11-19-31(26)35)21-27(30)22-34(28-16-6-3-7-17-28)32(36)25-13-4-2-5-14-25/h2,4-5,8-15,18-19,27-28,30,35H,3,6-7,16-17,20-23H2,1H3/t27-,30+/m1/s1. The molecule has 3 aromatic carbocycles. The largest absolute Gasteiger partial charge is 0.508 e. The predicted octanol–water partition coefficient (Wildman–Crippen LogP) is 6.39. The Balaban J connectivity index is 1.43. The summed E-state index contributed by atoms with van der Waals surface area (Å²) in [5.41, 5.74) is 4.46. The summed E-state index contributed by atoms with van der Waals surface area (Å²) in [6.07, 6.45) is 5.88. The molecule has 1 N–H and O–H groups in total. The van der Waals surface area contributed by atoms with E-state index in [4.69, 9.17) is 0 Å². The summed E-state index contributed by atoms with van der Waals surface area (Å²) in [4.78, 5) is 18.5. The predicted molar refractivity (Wildman–Crippen MR) is 145 cm³/mol. The fraction of sp³-hybridized carbons (Fsp3) is 0.406. The molecule has 1 saturated carbocycles. The fourth-order valence-electron chi connectivity index (χ4n) is 6.30. The summed E-state index contributed by atoms with van der Waals surface area (Å²) < 4.78 is 0. The maximum absolute atomic E-state index is 13.8. The second kappa shape index (κ2) is 11.3. The molecule has 0 spiro atoms. The van der Waals surface area contributed by atoms with Gasteiger partial charge in [0.05, 0.1) is 0 Å². The zero-order valence-corrected chi connectivity index (χ0v) is 21.4. The minimum Gasteiger partial charge on any atom is -0.508 e. The monoisotopic (exact) mass is 482 g/mol. The quantitative estimate of drug-likeness (QED) is 0.424. The van der Waals surface area contributed by atoms with Crippen LogP contribution in [0.5, 0.6) is 5.75 Å². The maximum atomic E-state index is 13.8. The van der Waals surface area contributed by atoms with Crippen molar-refractivity contribution >= 4 is 5.91 Å². The number of carbonyl (C=O) groups is 1. The Morgan fingerprint density at radius 2 is 1.58 bits per heavy atom. The summed E-state index contributed by atoms with van der Waals surface area (Å²) in [5.74, 6) is 1.22. The van der Waals surface area contributed by atoms with E-state index in [1.54, 1.807) is 6.07 Å². The highest BCUT2D eigenvalue weighted by Crippen LogP contribution is 2.37. The Morgan fingerprint density at radius 1 is 0.889 bits per heavy atom. The van der Waals surface area contributed by atoms with E-state index in [9.17, 15) is 9.90 Å². The smallest absolute Gasteiger partial charge is 0.254 e. The van der Waals surface area contributed by atoms with Gasteiger partial charge in [0.25, 0.3) is 5.91 Å². The van der Waals surface area contributed by atoms with Gasteiger partial charge in [0, 0.05) is 49.3 Å². The first-order chi connectivity index (χ1) is 17.6. The van der Waals surface area contributed by atoms with Gasteiger partial charge in [-0.3, -0.25) is 9.69 Å². The van der Waals surface area contributed by atoms with Crippen LogP contribution in [0.2, 0.25) is 0 Å². The van der Waals surface area contributed by atoms with Crippen LogP contribution >= 0.6 is 0 Å². The highest BCUT2D eigenvalue weighted by Gasteiger charge is 2.38. The molecule has 1 saturated heterocycles. The minimum absolute atomic E-state index is 0.171. The van der Waals surface area contributed by atoms with Gasteiger partial charge in [-0.1, -0.05) is 79.9 Å². The first kappa shape index (κ1) is 24.6. The molecule has 0 bridgehead atoms. The van der Waals surface area contributed by atoms with Crippen LogP contribution in [0.15, 0.2) is 78.9 Å². The number of aryl methyl sites for hydroxylation is 1. The number of para-hydroxylation sites is 1. The molecule has 188 valence electrons. The topological polar surface area (TPSA) is 43.8 Å². The molecule has 2 fully saturated rings. The summed E-state index contributed by atoms with van der Waals surface area (Å²) in [6.45, 7) is 5.54. The van der Waals surface area contributed by atoms with Gasteiger partial charge in [-0.15, -0.1) is 0 Å². The van der Waals surface area contributed by atoms with Crippen molar-refractivity contribution in [1.82, 2.24) is 9.80 Å². The van der Waals surface area contributed by atoms with Crippen LogP contribution in [0.4, 0.5) is 0 Å². The number of hydrogen-bond donors (Lipinski definition) is 1. The van der Waals surface area contributed by atoms with Crippen molar-refractivity contribution in [2.75, 3.05) is 19.6 Å². The second-order valence-electron chi connectivity index (χ2n) is 10.7. The van der Waals surface area contributed by atoms with Crippen molar-refractivity contribution in [1.29, 1.82) is 0 Å². The molecule has 1 aliphatic heterocycles. The van der Waals surface area contributed by atoms with Crippen molar-refractivity contribution < 1.29 is 9.90 Å². The number of rotatable bonds is 7. The third kappa shape index (κ3) is 5.49. The van der Waals surface area contributed by atoms with Crippen LogP contribution in [0.1, 0.15) is 65.1 Å². The lowest BCUT2D eigenvalue weighted by atomic mass is 9.85. The summed E-state index contributed by atoms with van der Waals surface area (Å²) in [7, 11) is 0. The normalized spacial score (nSPS) is 20.9. The van der Waals surface area contributed by atoms with E-state index in [1.165, 1.54) is 30.4 Å². The molecule has 5 rings (SSSR count). The van der Waals surface area contributed by atoms with E-state index >= 15 is 0 Å². The molecule has 1 amide bonds. The summed E-state index contributed by atoms with van der Waals surface area (Å²) in [5, 5.41) is 10.4. The molecule has 4 heteroatoms. The third-order valence-electron chi connectivity index (χ3n) is 8.22. The molecule has 2 aliphatic rings. The number of benzene rings is 3. The lowest BCUT2D eigenvalue weighted by molar-refractivity contribution is 0.0588. The molecule has 4 nitrogen and oxygen atoms in total. The van der Waals surface area contributed by atoms with Gasteiger partial charge in [-0.05, 0) is 55.0 Å². The van der Waals surface area contributed by atoms with Gasteiger partial charge in [-0.2, -0.15) is 0 Å². The van der Waals surface area contributed by atoms with Crippen molar-refractivity contribution in [2.45, 2.75) is 57.5 Å². The first-order valence-electron chi connectivity index (χ1n) is 13.5. The lowest BCUT2D eigenvalue weighted by Crippen LogP contribution is -2.45. The minimum atomic E-state index is 0.171. The van der Waals surface area contributed by atoms with Gasteiger partial charge >= 0.3 is 0 Å². The molecule has 0 aromatic heterocycles. The first-order valence-corrected chi connectivity index (χ1v) is 13.5. The van der Waals surface area contributed by atoms with Gasteiger partial charge in [0.15, 0.2) is 0 Å². The molecule has 1 aliphatic carbocycles. The Bertz CT molecular complexity index is 1160. The third-order valence-corrected chi connectivity index (χ3v) is 8.22. The average Bonchev–Trinajstić information content (AvgIpc) is 3.31. The number of amides is 1. The molecule has 2 atom stereocenters. The molecule has 1 heterocycles. The van der Waals surface area contributed by atoms with Crippen LogP contribution in [0.3, 0.4) is 0 Å². The highest BCUT2D eigenvalue weighted by molar-refractivity contribution is 5.94. The Kier molecular flexibility index (Phi) is 7.72. The molecule has 36 heavy (non-hydrogen) atoms. The van der Waals surface area contributed by atoms with Gasteiger partial charge < -0.3 is 10.0 Å². The molecular weight excluding hydrogens is 444 g/mol. The maximum Gasteiger partial charge on any atom is 0.254 e. The van der Waals surface area contributed by atoms with Crippen LogP contribution < -0.4 is 0 Å². The van der Waals surface area contributed by atoms with Crippen LogP contribution in [-0.2, 0) is 6.54 Å². The van der Waals surface area contributed by atoms with Crippen molar-refractivity contribution in [2.24, 2.45) is 5.92 Å². The lowest BCUT2D eigenvalue weighted by Gasteiger charge is -2.37. The van der Waals surface area contributed by atoms with Crippen molar-refractivity contribution in [3.05, 3.63) is 101 Å². The second-order valence-corrected chi connectivity index (χ2v) is 10.7. The van der Waals surface area contributed by atoms with E-state index in [0.29, 0.717) is 23.6 Å². The number of phenolic OH excluding ortho intramolecular Hbond substituents is 1. The van der Waals surface area contributed by atoms with Crippen molar-refractivity contribution in [3.63, 3.8) is 0 Å². The van der Waals surface area contributed by atoms with E-state index in [0.717, 1.165) is 50.1 Å². The van der Waals surface area contributed by atoms with E-state index in [1.807, 2.05) is 48.5 Å². The summed E-state index contributed by atoms with van der Waals surface area (Å²) >= 11 is 0. The highest BCUT2D eigenvalue weighted by atomic mass is 16.3. The van der Waals surface area contributed by atoms with Gasteiger partial charge in [0.2, 0.25) is 0 Å². The average molecular weight is 483 g/mol. The number of likely N-dealkylation sites (tertiary alicyclic amines) is 1. The zero-order valence-electron chi connectivity index (χ0n) is 21.4. The van der Waals surface area contributed by atoms with E-state index < -0.39 is 0 Å². The van der Waals surface area contributed by atoms with Crippen LogP contribution in [0.25, 0.3) is 0 Å².